The van der Waals surface area contributed by atoms with Gasteiger partial charge >= 0.3 is 0 Å². The van der Waals surface area contributed by atoms with Gasteiger partial charge in [-0.3, -0.25) is 4.98 Å². The van der Waals surface area contributed by atoms with Crippen LogP contribution in [0.2, 0.25) is 5.15 Å². The lowest BCUT2D eigenvalue weighted by Crippen LogP contribution is -2.04. The number of nitrogens with zero attached hydrogens (tertiary/aromatic N) is 4. The molecule has 0 N–H and O–H groups in total. The molecular weight excluding hydrogens is 284 g/mol. The van der Waals surface area contributed by atoms with Crippen molar-refractivity contribution >= 4 is 17.2 Å². The van der Waals surface area contributed by atoms with Crippen molar-refractivity contribution in [2.75, 3.05) is 0 Å². The van der Waals surface area contributed by atoms with Gasteiger partial charge in [-0.05, 0) is 31.9 Å². The zero-order valence-electron chi connectivity index (χ0n) is 12.6. The number of rotatable bonds is 2. The van der Waals surface area contributed by atoms with Crippen LogP contribution in [0.3, 0.4) is 0 Å². The van der Waals surface area contributed by atoms with Crippen LogP contribution in [0.15, 0.2) is 24.4 Å². The highest BCUT2D eigenvalue weighted by Gasteiger charge is 2.20. The Hall–Kier alpha value is -1.94. The Labute approximate surface area is 128 Å². The van der Waals surface area contributed by atoms with Crippen LogP contribution < -0.4 is 0 Å². The van der Waals surface area contributed by atoms with Crippen molar-refractivity contribution in [3.63, 3.8) is 0 Å². The van der Waals surface area contributed by atoms with Gasteiger partial charge in [-0.1, -0.05) is 31.5 Å². The largest absolute Gasteiger partial charge is 0.256 e. The quantitative estimate of drug-likeness (QED) is 0.667. The van der Waals surface area contributed by atoms with E-state index in [0.29, 0.717) is 11.1 Å². The normalized spacial score (nSPS) is 11.5. The topological polar surface area (TPSA) is 43.1 Å². The van der Waals surface area contributed by atoms with E-state index < -0.39 is 0 Å². The Morgan fingerprint density at radius 2 is 1.90 bits per heavy atom. The second-order valence-corrected chi connectivity index (χ2v) is 5.83. The van der Waals surface area contributed by atoms with E-state index in [9.17, 15) is 0 Å². The van der Waals surface area contributed by atoms with Crippen LogP contribution in [0.1, 0.15) is 36.7 Å². The third-order valence-electron chi connectivity index (χ3n) is 3.61. The van der Waals surface area contributed by atoms with Gasteiger partial charge < -0.3 is 0 Å². The molecule has 108 valence electrons. The van der Waals surface area contributed by atoms with Gasteiger partial charge in [0.25, 0.3) is 0 Å². The predicted octanol–water partition coefficient (Wildman–Crippen LogP) is 4.18. The van der Waals surface area contributed by atoms with Crippen molar-refractivity contribution < 1.29 is 0 Å². The van der Waals surface area contributed by atoms with Crippen LogP contribution >= 0.6 is 11.6 Å². The van der Waals surface area contributed by atoms with E-state index in [1.165, 1.54) is 0 Å². The fourth-order valence-electron chi connectivity index (χ4n) is 2.70. The first-order valence-corrected chi connectivity index (χ1v) is 7.35. The Morgan fingerprint density at radius 1 is 1.14 bits per heavy atom. The second kappa shape index (κ2) is 5.11. The molecule has 3 rings (SSSR count). The van der Waals surface area contributed by atoms with E-state index in [1.54, 1.807) is 10.7 Å². The highest BCUT2D eigenvalue weighted by atomic mass is 35.5. The summed E-state index contributed by atoms with van der Waals surface area (Å²) in [6.07, 6.45) is 1.77. The summed E-state index contributed by atoms with van der Waals surface area (Å²) in [5.41, 5.74) is 5.43. The average molecular weight is 301 g/mol. The molecule has 3 aromatic rings. The molecular formula is C16H17ClN4. The Bertz CT molecular complexity index is 806. The molecule has 0 aliphatic carbocycles. The number of pyridine rings is 1. The van der Waals surface area contributed by atoms with E-state index >= 15 is 0 Å². The maximum absolute atomic E-state index is 6.55. The molecule has 3 heterocycles. The van der Waals surface area contributed by atoms with Gasteiger partial charge in [0.15, 0.2) is 5.65 Å². The molecule has 3 aromatic heterocycles. The molecule has 0 atom stereocenters. The first-order valence-electron chi connectivity index (χ1n) is 6.97. The van der Waals surface area contributed by atoms with Gasteiger partial charge in [-0.25, -0.2) is 9.50 Å². The van der Waals surface area contributed by atoms with Crippen molar-refractivity contribution in [3.8, 4) is 11.3 Å². The van der Waals surface area contributed by atoms with Crippen LogP contribution in [0.5, 0.6) is 0 Å². The molecule has 0 saturated carbocycles. The highest BCUT2D eigenvalue weighted by molar-refractivity contribution is 6.30. The van der Waals surface area contributed by atoms with Crippen molar-refractivity contribution in [1.29, 1.82) is 0 Å². The van der Waals surface area contributed by atoms with E-state index in [4.69, 9.17) is 16.6 Å². The van der Waals surface area contributed by atoms with Gasteiger partial charge in [0, 0.05) is 17.5 Å². The molecule has 21 heavy (non-hydrogen) atoms. The summed E-state index contributed by atoms with van der Waals surface area (Å²) in [4.78, 5) is 9.14. The maximum atomic E-state index is 6.55. The van der Waals surface area contributed by atoms with Crippen molar-refractivity contribution in [2.45, 2.75) is 33.6 Å². The van der Waals surface area contributed by atoms with Crippen molar-refractivity contribution in [1.82, 2.24) is 19.6 Å². The molecule has 0 saturated heterocycles. The van der Waals surface area contributed by atoms with Crippen LogP contribution in [0, 0.1) is 13.8 Å². The van der Waals surface area contributed by atoms with Gasteiger partial charge in [-0.15, -0.1) is 0 Å². The van der Waals surface area contributed by atoms with Gasteiger partial charge in [0.05, 0.1) is 17.0 Å². The molecule has 0 aromatic carbocycles. The Balaban J connectivity index is 2.37. The van der Waals surface area contributed by atoms with Crippen LogP contribution in [0.25, 0.3) is 16.9 Å². The fraction of sp³-hybridized carbons (Fsp3) is 0.312. The van der Waals surface area contributed by atoms with Gasteiger partial charge in [0.2, 0.25) is 0 Å². The summed E-state index contributed by atoms with van der Waals surface area (Å²) in [7, 11) is 0. The SMILES string of the molecule is Cc1nc2c(-c3ccccn3)c(C)nn2c(Cl)c1C(C)C. The zero-order chi connectivity index (χ0) is 15.1. The predicted molar refractivity (Wildman–Crippen MR) is 84.8 cm³/mol. The number of halogens is 1. The Morgan fingerprint density at radius 3 is 2.52 bits per heavy atom. The second-order valence-electron chi connectivity index (χ2n) is 5.47. The minimum Gasteiger partial charge on any atom is -0.256 e. The summed E-state index contributed by atoms with van der Waals surface area (Å²) in [5, 5.41) is 5.19. The first-order chi connectivity index (χ1) is 10.0. The third kappa shape index (κ3) is 2.20. The Kier molecular flexibility index (Phi) is 3.41. The summed E-state index contributed by atoms with van der Waals surface area (Å²) >= 11 is 6.55. The standard InChI is InChI=1S/C16H17ClN4/c1-9(2)13-10(3)19-16-14(12-7-5-6-8-18-12)11(4)20-21(16)15(13)17/h5-9H,1-4H3. The third-order valence-corrected chi connectivity index (χ3v) is 3.97. The smallest absolute Gasteiger partial charge is 0.166 e. The lowest BCUT2D eigenvalue weighted by Gasteiger charge is -2.12. The number of aromatic nitrogens is 4. The molecule has 0 radical (unpaired) electrons. The first kappa shape index (κ1) is 14.0. The summed E-state index contributed by atoms with van der Waals surface area (Å²) in [6.45, 7) is 8.17. The van der Waals surface area contributed by atoms with E-state index in [0.717, 1.165) is 33.9 Å². The maximum Gasteiger partial charge on any atom is 0.166 e. The number of aryl methyl sites for hydroxylation is 2. The molecule has 4 nitrogen and oxygen atoms in total. The number of fused-ring (bicyclic) bond motifs is 1. The average Bonchev–Trinajstić information content (AvgIpc) is 2.76. The molecule has 5 heteroatoms. The van der Waals surface area contributed by atoms with E-state index in [1.807, 2.05) is 32.0 Å². The van der Waals surface area contributed by atoms with Crippen molar-refractivity contribution in [3.05, 3.63) is 46.5 Å². The minimum atomic E-state index is 0.303. The van der Waals surface area contributed by atoms with Gasteiger partial charge in [-0.2, -0.15) is 5.10 Å². The van der Waals surface area contributed by atoms with E-state index in [-0.39, 0.29) is 0 Å². The molecule has 0 fully saturated rings. The minimum absolute atomic E-state index is 0.303. The number of hydrogen-bond donors (Lipinski definition) is 0. The van der Waals surface area contributed by atoms with Crippen molar-refractivity contribution in [2.24, 2.45) is 0 Å². The molecule has 0 amide bonds. The lowest BCUT2D eigenvalue weighted by molar-refractivity contribution is 0.804. The highest BCUT2D eigenvalue weighted by Crippen LogP contribution is 2.32. The number of hydrogen-bond acceptors (Lipinski definition) is 3. The zero-order valence-corrected chi connectivity index (χ0v) is 13.3. The molecule has 0 unspecified atom stereocenters. The molecule has 0 aliphatic rings. The van der Waals surface area contributed by atoms with Crippen LogP contribution in [0.4, 0.5) is 0 Å². The monoisotopic (exact) mass is 300 g/mol. The lowest BCUT2D eigenvalue weighted by atomic mass is 10.0. The van der Waals surface area contributed by atoms with Crippen LogP contribution in [-0.4, -0.2) is 19.6 Å². The van der Waals surface area contributed by atoms with Gasteiger partial charge in [0.1, 0.15) is 5.15 Å². The molecule has 0 spiro atoms. The molecule has 0 bridgehead atoms. The summed E-state index contributed by atoms with van der Waals surface area (Å²) in [6, 6.07) is 5.82. The molecule has 0 aliphatic heterocycles. The summed E-state index contributed by atoms with van der Waals surface area (Å²) < 4.78 is 1.73. The van der Waals surface area contributed by atoms with Crippen LogP contribution in [-0.2, 0) is 0 Å². The van der Waals surface area contributed by atoms with E-state index in [2.05, 4.69) is 23.9 Å². The summed E-state index contributed by atoms with van der Waals surface area (Å²) in [5.74, 6) is 0.303. The fourth-order valence-corrected chi connectivity index (χ4v) is 3.18.